The third kappa shape index (κ3) is 2.10. The molecule has 3 nitrogen and oxygen atoms in total. The van der Waals surface area contributed by atoms with E-state index in [9.17, 15) is 5.11 Å². The average Bonchev–Trinajstić information content (AvgIpc) is 2.61. The van der Waals surface area contributed by atoms with Crippen LogP contribution in [-0.2, 0) is 0 Å². The van der Waals surface area contributed by atoms with Gasteiger partial charge in [-0.2, -0.15) is 0 Å². The van der Waals surface area contributed by atoms with Crippen molar-refractivity contribution >= 4 is 0 Å². The largest absolute Gasteiger partial charge is 0.392 e. The van der Waals surface area contributed by atoms with Crippen LogP contribution < -0.4 is 5.32 Å². The van der Waals surface area contributed by atoms with Crippen molar-refractivity contribution in [2.75, 3.05) is 19.6 Å². The Hall–Kier alpha value is -0.120. The number of nitrogens with zero attached hydrogens (tertiary/aromatic N) is 1. The maximum atomic E-state index is 9.42. The minimum absolute atomic E-state index is 0.120. The Labute approximate surface area is 86.5 Å². The summed E-state index contributed by atoms with van der Waals surface area (Å²) in [5.41, 5.74) is 0.370. The van der Waals surface area contributed by atoms with E-state index < -0.39 is 0 Å². The van der Waals surface area contributed by atoms with Crippen molar-refractivity contribution in [1.29, 1.82) is 0 Å². The Morgan fingerprint density at radius 2 is 2.29 bits per heavy atom. The molecule has 2 unspecified atom stereocenters. The Balaban J connectivity index is 1.85. The lowest BCUT2D eigenvalue weighted by Crippen LogP contribution is -2.45. The summed E-state index contributed by atoms with van der Waals surface area (Å²) in [5, 5.41) is 12.8. The van der Waals surface area contributed by atoms with E-state index in [2.05, 4.69) is 24.1 Å². The third-order valence-electron chi connectivity index (χ3n) is 3.71. The minimum atomic E-state index is -0.120. The lowest BCUT2D eigenvalue weighted by Gasteiger charge is -2.33. The molecule has 0 saturated carbocycles. The lowest BCUT2D eigenvalue weighted by atomic mass is 10.0. The molecular weight excluding hydrogens is 176 g/mol. The maximum absolute atomic E-state index is 9.42. The zero-order valence-corrected chi connectivity index (χ0v) is 9.29. The summed E-state index contributed by atoms with van der Waals surface area (Å²) >= 11 is 0. The van der Waals surface area contributed by atoms with E-state index in [1.807, 2.05) is 0 Å². The second-order valence-corrected chi connectivity index (χ2v) is 5.36. The molecule has 0 aromatic rings. The number of nitrogens with one attached hydrogen (secondary N) is 1. The zero-order chi connectivity index (χ0) is 10.2. The van der Waals surface area contributed by atoms with Crippen LogP contribution in [0, 0.1) is 0 Å². The normalized spacial score (nSPS) is 37.9. The molecule has 2 heterocycles. The van der Waals surface area contributed by atoms with E-state index in [-0.39, 0.29) is 6.10 Å². The van der Waals surface area contributed by atoms with Gasteiger partial charge in [0.25, 0.3) is 0 Å². The Kier molecular flexibility index (Phi) is 2.82. The highest BCUT2D eigenvalue weighted by Gasteiger charge is 2.34. The van der Waals surface area contributed by atoms with Crippen LogP contribution in [0.2, 0.25) is 0 Å². The van der Waals surface area contributed by atoms with Crippen LogP contribution in [0.25, 0.3) is 0 Å². The van der Waals surface area contributed by atoms with Gasteiger partial charge < -0.3 is 10.4 Å². The standard InChI is InChI=1S/C11H22N2O/c1-11(2)4-3-5-13(11)8-9-6-10(14)7-12-9/h9-10,12,14H,3-8H2,1-2H3. The number of likely N-dealkylation sites (tertiary alicyclic amines) is 1. The lowest BCUT2D eigenvalue weighted by molar-refractivity contribution is 0.152. The van der Waals surface area contributed by atoms with Crippen LogP contribution in [0.1, 0.15) is 33.1 Å². The molecule has 0 spiro atoms. The average molecular weight is 198 g/mol. The molecule has 2 aliphatic rings. The maximum Gasteiger partial charge on any atom is 0.0680 e. The summed E-state index contributed by atoms with van der Waals surface area (Å²) < 4.78 is 0. The van der Waals surface area contributed by atoms with E-state index in [1.54, 1.807) is 0 Å². The topological polar surface area (TPSA) is 35.5 Å². The van der Waals surface area contributed by atoms with E-state index in [0.717, 1.165) is 19.5 Å². The number of aliphatic hydroxyl groups excluding tert-OH is 1. The van der Waals surface area contributed by atoms with Gasteiger partial charge in [-0.1, -0.05) is 0 Å². The smallest absolute Gasteiger partial charge is 0.0680 e. The molecule has 14 heavy (non-hydrogen) atoms. The van der Waals surface area contributed by atoms with E-state index in [0.29, 0.717) is 11.6 Å². The molecule has 0 radical (unpaired) electrons. The molecule has 2 rings (SSSR count). The number of hydrogen-bond acceptors (Lipinski definition) is 3. The molecular formula is C11H22N2O. The fourth-order valence-corrected chi connectivity index (χ4v) is 2.70. The summed E-state index contributed by atoms with van der Waals surface area (Å²) in [7, 11) is 0. The molecule has 0 bridgehead atoms. The van der Waals surface area contributed by atoms with Gasteiger partial charge in [-0.15, -0.1) is 0 Å². The summed E-state index contributed by atoms with van der Waals surface area (Å²) in [4.78, 5) is 2.56. The summed E-state index contributed by atoms with van der Waals surface area (Å²) in [6.45, 7) is 7.75. The quantitative estimate of drug-likeness (QED) is 0.681. The molecule has 2 atom stereocenters. The summed E-state index contributed by atoms with van der Waals surface area (Å²) in [5.74, 6) is 0. The first-order valence-corrected chi connectivity index (χ1v) is 5.74. The summed E-state index contributed by atoms with van der Waals surface area (Å²) in [6, 6.07) is 0.502. The van der Waals surface area contributed by atoms with Gasteiger partial charge in [0.05, 0.1) is 6.10 Å². The SMILES string of the molecule is CC1(C)CCCN1CC1CC(O)CN1. The van der Waals surface area contributed by atoms with Crippen LogP contribution in [0.3, 0.4) is 0 Å². The molecule has 2 N–H and O–H groups in total. The van der Waals surface area contributed by atoms with Gasteiger partial charge in [-0.05, 0) is 39.7 Å². The van der Waals surface area contributed by atoms with Crippen molar-refractivity contribution in [3.05, 3.63) is 0 Å². The molecule has 2 saturated heterocycles. The minimum Gasteiger partial charge on any atom is -0.392 e. The molecule has 0 aromatic carbocycles. The van der Waals surface area contributed by atoms with Gasteiger partial charge in [0.1, 0.15) is 0 Å². The fourth-order valence-electron chi connectivity index (χ4n) is 2.70. The number of aliphatic hydroxyl groups is 1. The number of rotatable bonds is 2. The highest BCUT2D eigenvalue weighted by molar-refractivity contribution is 4.92. The van der Waals surface area contributed by atoms with Crippen molar-refractivity contribution < 1.29 is 5.11 Å². The highest BCUT2D eigenvalue weighted by atomic mass is 16.3. The van der Waals surface area contributed by atoms with Gasteiger partial charge in [-0.25, -0.2) is 0 Å². The molecule has 82 valence electrons. The van der Waals surface area contributed by atoms with E-state index in [4.69, 9.17) is 0 Å². The second kappa shape index (κ2) is 3.80. The van der Waals surface area contributed by atoms with Crippen molar-refractivity contribution in [3.8, 4) is 0 Å². The van der Waals surface area contributed by atoms with Crippen LogP contribution in [-0.4, -0.2) is 47.3 Å². The predicted molar refractivity (Wildman–Crippen MR) is 57.3 cm³/mol. The fraction of sp³-hybridized carbons (Fsp3) is 1.00. The zero-order valence-electron chi connectivity index (χ0n) is 9.29. The second-order valence-electron chi connectivity index (χ2n) is 5.36. The first kappa shape index (κ1) is 10.4. The van der Waals surface area contributed by atoms with Gasteiger partial charge in [0.2, 0.25) is 0 Å². The van der Waals surface area contributed by atoms with Crippen LogP contribution in [0.5, 0.6) is 0 Å². The van der Waals surface area contributed by atoms with Gasteiger partial charge >= 0.3 is 0 Å². The Bertz CT molecular complexity index is 205. The Morgan fingerprint density at radius 1 is 1.50 bits per heavy atom. The molecule has 2 aliphatic heterocycles. The molecule has 3 heteroatoms. The number of β-amino-alcohol motifs (C(OH)–C–C–N with tert-alkyl or cyclic N) is 1. The monoisotopic (exact) mass is 198 g/mol. The Morgan fingerprint density at radius 3 is 2.79 bits per heavy atom. The molecule has 0 aliphatic carbocycles. The molecule has 2 fully saturated rings. The van der Waals surface area contributed by atoms with Crippen LogP contribution in [0.15, 0.2) is 0 Å². The van der Waals surface area contributed by atoms with Crippen molar-refractivity contribution in [2.24, 2.45) is 0 Å². The molecule has 0 amide bonds. The van der Waals surface area contributed by atoms with E-state index >= 15 is 0 Å². The van der Waals surface area contributed by atoms with Crippen molar-refractivity contribution in [2.45, 2.75) is 50.8 Å². The van der Waals surface area contributed by atoms with Crippen molar-refractivity contribution in [3.63, 3.8) is 0 Å². The number of hydrogen-bond donors (Lipinski definition) is 2. The molecule has 0 aromatic heterocycles. The predicted octanol–water partition coefficient (Wildman–Crippen LogP) is 0.584. The van der Waals surface area contributed by atoms with Crippen molar-refractivity contribution in [1.82, 2.24) is 10.2 Å². The van der Waals surface area contributed by atoms with Gasteiger partial charge in [0, 0.05) is 24.7 Å². The van der Waals surface area contributed by atoms with E-state index in [1.165, 1.54) is 19.4 Å². The summed E-state index contributed by atoms with van der Waals surface area (Å²) in [6.07, 6.45) is 3.43. The van der Waals surface area contributed by atoms with Gasteiger partial charge in [-0.3, -0.25) is 4.90 Å². The van der Waals surface area contributed by atoms with Crippen LogP contribution in [0.4, 0.5) is 0 Å². The highest BCUT2D eigenvalue weighted by Crippen LogP contribution is 2.28. The first-order chi connectivity index (χ1) is 6.58. The first-order valence-electron chi connectivity index (χ1n) is 5.74. The van der Waals surface area contributed by atoms with Crippen LogP contribution >= 0.6 is 0 Å². The third-order valence-corrected chi connectivity index (χ3v) is 3.71. The van der Waals surface area contributed by atoms with Gasteiger partial charge in [0.15, 0.2) is 0 Å².